The monoisotopic (exact) mass is 476 g/mol. The van der Waals surface area contributed by atoms with Crippen molar-refractivity contribution in [2.45, 2.75) is 53.4 Å². The van der Waals surface area contributed by atoms with Gasteiger partial charge in [-0.1, -0.05) is 76.8 Å². The number of hydrogen-bond donors (Lipinski definition) is 3. The van der Waals surface area contributed by atoms with E-state index >= 15 is 0 Å². The van der Waals surface area contributed by atoms with Crippen molar-refractivity contribution >= 4 is 44.5 Å². The third-order valence-corrected chi connectivity index (χ3v) is 5.39. The average Bonchev–Trinajstić information content (AvgIpc) is 3.58. The van der Waals surface area contributed by atoms with E-state index in [1.807, 2.05) is 19.9 Å². The van der Waals surface area contributed by atoms with E-state index in [1.165, 1.54) is 55.6 Å². The van der Waals surface area contributed by atoms with E-state index in [0.29, 0.717) is 22.9 Å². The molecule has 1 saturated carbocycles. The zero-order valence-electron chi connectivity index (χ0n) is 18.6. The lowest BCUT2D eigenvalue weighted by molar-refractivity contribution is 0.100. The van der Waals surface area contributed by atoms with Gasteiger partial charge < -0.3 is 11.5 Å². The fourth-order valence-electron chi connectivity index (χ4n) is 3.10. The minimum Gasteiger partial charge on any atom is -0.375 e. The Bertz CT molecular complexity index is 1020. The molecule has 0 atom stereocenters. The van der Waals surface area contributed by atoms with Gasteiger partial charge in [-0.2, -0.15) is 10.2 Å². The second kappa shape index (κ2) is 14.9. The Balaban J connectivity index is 0.000000487. The summed E-state index contributed by atoms with van der Waals surface area (Å²) in [4.78, 5) is 15.1. The van der Waals surface area contributed by atoms with E-state index < -0.39 is 5.91 Å². The normalized spacial score (nSPS) is 13.6. The van der Waals surface area contributed by atoms with Gasteiger partial charge in [-0.25, -0.2) is 14.8 Å². The molecule has 5 rings (SSSR count). The molecule has 3 aromatic rings. The Labute approximate surface area is 201 Å². The summed E-state index contributed by atoms with van der Waals surface area (Å²) in [6, 6.07) is 11.5. The first-order valence-corrected chi connectivity index (χ1v) is 11.6. The average molecular weight is 477 g/mol. The van der Waals surface area contributed by atoms with E-state index in [2.05, 4.69) is 15.5 Å². The number of halogens is 1. The summed E-state index contributed by atoms with van der Waals surface area (Å²) in [5.41, 5.74) is 15.5. The minimum atomic E-state index is -0.454. The number of hydrazone groups is 1. The van der Waals surface area contributed by atoms with Crippen LogP contribution in [0.3, 0.4) is 0 Å². The molecule has 182 valence electrons. The Hall–Kier alpha value is -3.04. The van der Waals surface area contributed by atoms with Gasteiger partial charge in [0.25, 0.3) is 5.91 Å². The number of carbonyl (C=O) groups is 1. The predicted octanol–water partition coefficient (Wildman–Crippen LogP) is 5.97. The molecule has 0 spiro atoms. The number of nitrogens with two attached hydrogens (primary N) is 2. The molecule has 0 bridgehead atoms. The van der Waals surface area contributed by atoms with Crippen LogP contribution in [0.2, 0.25) is 0 Å². The van der Waals surface area contributed by atoms with E-state index in [1.54, 1.807) is 35.6 Å². The van der Waals surface area contributed by atoms with E-state index in [4.69, 9.17) is 11.5 Å². The molecule has 2 aromatic carbocycles. The third-order valence-electron chi connectivity index (χ3n) is 4.54. The number of nitrogen functional groups attached to an aromatic ring is 1. The highest BCUT2D eigenvalue weighted by Crippen LogP contribution is 2.23. The quantitative estimate of drug-likeness (QED) is 0.422. The van der Waals surface area contributed by atoms with Gasteiger partial charge in [0.15, 0.2) is 5.13 Å². The van der Waals surface area contributed by atoms with Gasteiger partial charge in [-0.3, -0.25) is 4.79 Å². The molecule has 0 unspecified atom stereocenters. The summed E-state index contributed by atoms with van der Waals surface area (Å²) in [6.07, 6.45) is 9.22. The Kier molecular flexibility index (Phi) is 12.7. The fraction of sp³-hybridized carbons (Fsp3) is 0.375. The van der Waals surface area contributed by atoms with Gasteiger partial charge in [-0.15, -0.1) is 0 Å². The molecule has 0 radical (unpaired) electrons. The first-order chi connectivity index (χ1) is 15.5. The Morgan fingerprint density at radius 1 is 1.12 bits per heavy atom. The highest BCUT2D eigenvalue weighted by molar-refractivity contribution is 7.22. The number of fused-ring (bicyclic) bond motifs is 1. The number of thiazole rings is 1. The van der Waals surface area contributed by atoms with Crippen LogP contribution in [0.15, 0.2) is 47.6 Å². The number of primary amides is 1. The smallest absolute Gasteiger partial charge is 0.250 e. The number of amides is 1. The van der Waals surface area contributed by atoms with Gasteiger partial charge in [0.1, 0.15) is 5.82 Å². The number of carbonyl (C=O) groups excluding carboxylic acids is 1. The van der Waals surface area contributed by atoms with Crippen molar-refractivity contribution in [3.63, 3.8) is 0 Å². The molecule has 1 amide bonds. The molecule has 1 fully saturated rings. The topological polar surface area (TPSA) is 110 Å². The number of nitrogens with zero attached hydrogens (tertiary/aromatic N) is 3. The van der Waals surface area contributed by atoms with Crippen LogP contribution < -0.4 is 22.0 Å². The van der Waals surface area contributed by atoms with Crippen molar-refractivity contribution in [3.05, 3.63) is 53.8 Å². The third kappa shape index (κ3) is 8.78. The van der Waals surface area contributed by atoms with Crippen molar-refractivity contribution in [3.8, 4) is 0 Å². The van der Waals surface area contributed by atoms with Crippen LogP contribution in [0, 0.1) is 5.82 Å². The molecule has 5 N–H and O–H groups in total. The van der Waals surface area contributed by atoms with Gasteiger partial charge in [0.05, 0.1) is 28.0 Å². The number of nitrogens with one attached hydrogen (secondary N) is 1. The molecule has 9 heteroatoms. The number of hydrogen-bond acceptors (Lipinski definition) is 7. The van der Waals surface area contributed by atoms with E-state index in [-0.39, 0.29) is 14.7 Å². The maximum atomic E-state index is 12.6. The van der Waals surface area contributed by atoms with Crippen LogP contribution in [-0.4, -0.2) is 23.7 Å². The minimum absolute atomic E-state index is 0. The van der Waals surface area contributed by atoms with E-state index in [0.717, 1.165) is 10.2 Å². The number of para-hydroxylation sites is 1. The summed E-state index contributed by atoms with van der Waals surface area (Å²) < 4.78 is 13.4. The summed E-state index contributed by atoms with van der Waals surface area (Å²) in [5, 5.41) is 6.06. The van der Waals surface area contributed by atoms with E-state index in [9.17, 15) is 9.18 Å². The second-order valence-corrected chi connectivity index (χ2v) is 7.85. The van der Waals surface area contributed by atoms with Crippen LogP contribution >= 0.6 is 11.3 Å². The lowest BCUT2D eigenvalue weighted by Crippen LogP contribution is -2.30. The van der Waals surface area contributed by atoms with Crippen molar-refractivity contribution in [1.29, 1.82) is 0 Å². The maximum Gasteiger partial charge on any atom is 0.250 e. The van der Waals surface area contributed by atoms with Crippen LogP contribution in [0.5, 0.6) is 0 Å². The molecule has 0 saturated heterocycles. The molecule has 33 heavy (non-hydrogen) atoms. The standard InChI is InChI=1S/C9H10N4O.C7H5FN2S.C5H10.C2H6.CH4.H2/c10-9(14)7-3-1-2-4-8(7)13-11-5-6-12-13;8-4-1-2-5-6(3-4)11-7(9)10-5;1-2-4-5-3-1;1-2;;/h1-5,12H,6H2,(H2,10,14);1-3H,(H2,9,10);1-5H2;1-2H3;1H4;1H. The Morgan fingerprint density at radius 2 is 1.76 bits per heavy atom. The number of anilines is 2. The molecule has 2 heterocycles. The van der Waals surface area contributed by atoms with Crippen LogP contribution in [0.4, 0.5) is 15.2 Å². The summed E-state index contributed by atoms with van der Waals surface area (Å²) in [7, 11) is 0. The van der Waals surface area contributed by atoms with Crippen LogP contribution in [-0.2, 0) is 0 Å². The zero-order valence-corrected chi connectivity index (χ0v) is 19.4. The van der Waals surface area contributed by atoms with Crippen molar-refractivity contribution < 1.29 is 10.6 Å². The lowest BCUT2D eigenvalue weighted by atomic mass is 10.2. The number of hydrazine groups is 1. The molecular formula is C24H37FN6OS. The first-order valence-electron chi connectivity index (χ1n) is 10.8. The van der Waals surface area contributed by atoms with Gasteiger partial charge in [0.2, 0.25) is 0 Å². The van der Waals surface area contributed by atoms with Crippen molar-refractivity contribution in [1.82, 2.24) is 10.4 Å². The molecule has 7 nitrogen and oxygen atoms in total. The van der Waals surface area contributed by atoms with Gasteiger partial charge in [0, 0.05) is 7.64 Å². The highest BCUT2D eigenvalue weighted by atomic mass is 32.1. The van der Waals surface area contributed by atoms with Gasteiger partial charge >= 0.3 is 0 Å². The number of rotatable bonds is 2. The fourth-order valence-corrected chi connectivity index (χ4v) is 3.86. The molecule has 2 aliphatic rings. The highest BCUT2D eigenvalue weighted by Gasteiger charge is 2.14. The summed E-state index contributed by atoms with van der Waals surface area (Å²) >= 11 is 1.29. The first kappa shape index (κ1) is 28.0. The summed E-state index contributed by atoms with van der Waals surface area (Å²) in [5.74, 6) is -0.703. The van der Waals surface area contributed by atoms with Crippen molar-refractivity contribution in [2.75, 3.05) is 17.4 Å². The molecule has 1 aliphatic heterocycles. The SMILES string of the molecule is C.C1CCCC1.CC.NC(=O)c1ccccc1N1N=CCN1.Nc1nc2ccc(F)cc2s1.[HH]. The molecular weight excluding hydrogens is 439 g/mol. The Morgan fingerprint density at radius 3 is 2.33 bits per heavy atom. The van der Waals surface area contributed by atoms with Gasteiger partial charge in [-0.05, 0) is 30.3 Å². The molecule has 1 aromatic heterocycles. The van der Waals surface area contributed by atoms with Crippen LogP contribution in [0.1, 0.15) is 65.2 Å². The zero-order chi connectivity index (χ0) is 23.3. The van der Waals surface area contributed by atoms with Crippen molar-refractivity contribution in [2.24, 2.45) is 10.8 Å². The largest absolute Gasteiger partial charge is 0.375 e. The van der Waals surface area contributed by atoms with Crippen LogP contribution in [0.25, 0.3) is 10.2 Å². The lowest BCUT2D eigenvalue weighted by Gasteiger charge is -2.16. The second-order valence-electron chi connectivity index (χ2n) is 6.79. The number of aromatic nitrogens is 1. The predicted molar refractivity (Wildman–Crippen MR) is 141 cm³/mol. The summed E-state index contributed by atoms with van der Waals surface area (Å²) in [6.45, 7) is 4.66. The number of benzene rings is 2. The molecule has 1 aliphatic carbocycles. The maximum absolute atomic E-state index is 12.6.